The van der Waals surface area contributed by atoms with Gasteiger partial charge in [0.15, 0.2) is 0 Å². The molecule has 1 N–H and O–H groups in total. The molecule has 1 aromatic carbocycles. The normalized spacial score (nSPS) is 20.4. The summed E-state index contributed by atoms with van der Waals surface area (Å²) in [6, 6.07) is 6.73. The van der Waals surface area contributed by atoms with E-state index in [4.69, 9.17) is 5.11 Å². The van der Waals surface area contributed by atoms with Gasteiger partial charge in [0.25, 0.3) is 0 Å². The molecule has 0 spiro atoms. The molecule has 1 aliphatic heterocycles. The summed E-state index contributed by atoms with van der Waals surface area (Å²) in [6.45, 7) is 6.86. The summed E-state index contributed by atoms with van der Waals surface area (Å²) in [5, 5.41) is 8.95. The number of nitrogens with zero attached hydrogens (tertiary/aromatic N) is 1. The van der Waals surface area contributed by atoms with E-state index in [2.05, 4.69) is 36.9 Å². The first-order valence-corrected chi connectivity index (χ1v) is 6.13. The van der Waals surface area contributed by atoms with Crippen LogP contribution < -0.4 is 4.90 Å². The summed E-state index contributed by atoms with van der Waals surface area (Å²) in [6.07, 6.45) is 2.16. The third kappa shape index (κ3) is 2.56. The van der Waals surface area contributed by atoms with E-state index in [0.29, 0.717) is 12.5 Å². The van der Waals surface area contributed by atoms with Gasteiger partial charge in [0.05, 0.1) is 0 Å². The number of aryl methyl sites for hydroxylation is 2. The zero-order valence-corrected chi connectivity index (χ0v) is 10.2. The SMILES string of the molecule is Cc1cc(C)cc(N2CCC(CCO)C2)c1. The summed E-state index contributed by atoms with van der Waals surface area (Å²) >= 11 is 0. The van der Waals surface area contributed by atoms with Crippen LogP contribution >= 0.6 is 0 Å². The standard InChI is InChI=1S/C14H21NO/c1-11-7-12(2)9-14(8-11)15-5-3-13(10-15)4-6-16/h7-9,13,16H,3-6,10H2,1-2H3. The van der Waals surface area contributed by atoms with Gasteiger partial charge in [-0.3, -0.25) is 0 Å². The van der Waals surface area contributed by atoms with Crippen LogP contribution in [-0.2, 0) is 0 Å². The number of anilines is 1. The molecule has 2 heteroatoms. The van der Waals surface area contributed by atoms with Gasteiger partial charge >= 0.3 is 0 Å². The summed E-state index contributed by atoms with van der Waals surface area (Å²) < 4.78 is 0. The molecule has 0 radical (unpaired) electrons. The van der Waals surface area contributed by atoms with Crippen molar-refractivity contribution in [1.82, 2.24) is 0 Å². The maximum Gasteiger partial charge on any atom is 0.0434 e. The van der Waals surface area contributed by atoms with Crippen LogP contribution in [0.15, 0.2) is 18.2 Å². The van der Waals surface area contributed by atoms with E-state index in [-0.39, 0.29) is 0 Å². The quantitative estimate of drug-likeness (QED) is 0.844. The monoisotopic (exact) mass is 219 g/mol. The average Bonchev–Trinajstić information content (AvgIpc) is 2.65. The lowest BCUT2D eigenvalue weighted by molar-refractivity contribution is 0.263. The van der Waals surface area contributed by atoms with Gasteiger partial charge in [0.2, 0.25) is 0 Å². The molecule has 88 valence electrons. The van der Waals surface area contributed by atoms with Crippen LogP contribution in [0, 0.1) is 19.8 Å². The van der Waals surface area contributed by atoms with E-state index in [0.717, 1.165) is 19.5 Å². The van der Waals surface area contributed by atoms with Gasteiger partial charge in [-0.05, 0) is 55.9 Å². The minimum absolute atomic E-state index is 0.325. The molecule has 0 aliphatic carbocycles. The van der Waals surface area contributed by atoms with Gasteiger partial charge in [-0.15, -0.1) is 0 Å². The third-order valence-corrected chi connectivity index (χ3v) is 3.39. The Balaban J connectivity index is 2.08. The number of rotatable bonds is 3. The second kappa shape index (κ2) is 4.88. The average molecular weight is 219 g/mol. The van der Waals surface area contributed by atoms with Gasteiger partial charge in [-0.2, -0.15) is 0 Å². The lowest BCUT2D eigenvalue weighted by atomic mass is 10.1. The largest absolute Gasteiger partial charge is 0.396 e. The number of hydrogen-bond donors (Lipinski definition) is 1. The fourth-order valence-electron chi connectivity index (χ4n) is 2.62. The van der Waals surface area contributed by atoms with Crippen molar-refractivity contribution in [3.63, 3.8) is 0 Å². The van der Waals surface area contributed by atoms with Crippen molar-refractivity contribution < 1.29 is 5.11 Å². The van der Waals surface area contributed by atoms with E-state index in [1.807, 2.05) is 0 Å². The Morgan fingerprint density at radius 2 is 1.94 bits per heavy atom. The Hall–Kier alpha value is -1.02. The first-order valence-electron chi connectivity index (χ1n) is 6.13. The molecule has 0 amide bonds. The Bertz CT molecular complexity index is 342. The van der Waals surface area contributed by atoms with Crippen molar-refractivity contribution in [2.75, 3.05) is 24.6 Å². The van der Waals surface area contributed by atoms with Gasteiger partial charge in [-0.1, -0.05) is 6.07 Å². The van der Waals surface area contributed by atoms with Crippen molar-refractivity contribution >= 4 is 5.69 Å². The Kier molecular flexibility index (Phi) is 3.49. The second-order valence-electron chi connectivity index (χ2n) is 4.96. The molecule has 0 aromatic heterocycles. The van der Waals surface area contributed by atoms with Crippen molar-refractivity contribution in [2.24, 2.45) is 5.92 Å². The van der Waals surface area contributed by atoms with Gasteiger partial charge in [-0.25, -0.2) is 0 Å². The van der Waals surface area contributed by atoms with E-state index < -0.39 is 0 Å². The molecule has 0 saturated carbocycles. The topological polar surface area (TPSA) is 23.5 Å². The number of aliphatic hydroxyl groups excluding tert-OH is 1. The Morgan fingerprint density at radius 1 is 1.25 bits per heavy atom. The van der Waals surface area contributed by atoms with Crippen LogP contribution in [0.3, 0.4) is 0 Å². The van der Waals surface area contributed by atoms with Crippen molar-refractivity contribution in [2.45, 2.75) is 26.7 Å². The van der Waals surface area contributed by atoms with Gasteiger partial charge in [0.1, 0.15) is 0 Å². The van der Waals surface area contributed by atoms with E-state index in [9.17, 15) is 0 Å². The predicted molar refractivity (Wildman–Crippen MR) is 67.9 cm³/mol. The van der Waals surface area contributed by atoms with E-state index in [1.165, 1.54) is 23.2 Å². The van der Waals surface area contributed by atoms with Crippen LogP contribution in [0.2, 0.25) is 0 Å². The minimum atomic E-state index is 0.325. The summed E-state index contributed by atoms with van der Waals surface area (Å²) in [7, 11) is 0. The summed E-state index contributed by atoms with van der Waals surface area (Å²) in [4.78, 5) is 2.44. The molecule has 1 saturated heterocycles. The van der Waals surface area contributed by atoms with Gasteiger partial charge < -0.3 is 10.0 Å². The molecule has 1 atom stereocenters. The molecule has 1 aliphatic rings. The highest BCUT2D eigenvalue weighted by Gasteiger charge is 2.22. The van der Waals surface area contributed by atoms with Crippen molar-refractivity contribution in [1.29, 1.82) is 0 Å². The lowest BCUT2D eigenvalue weighted by Gasteiger charge is -2.19. The highest BCUT2D eigenvalue weighted by atomic mass is 16.3. The summed E-state index contributed by atoms with van der Waals surface area (Å²) in [5.41, 5.74) is 4.01. The zero-order chi connectivity index (χ0) is 11.5. The van der Waals surface area contributed by atoms with Crippen LogP contribution in [0.1, 0.15) is 24.0 Å². The molecule has 2 rings (SSSR count). The van der Waals surface area contributed by atoms with Crippen LogP contribution in [0.25, 0.3) is 0 Å². The number of benzene rings is 1. The summed E-state index contributed by atoms with van der Waals surface area (Å²) in [5.74, 6) is 0.672. The fourth-order valence-corrected chi connectivity index (χ4v) is 2.62. The van der Waals surface area contributed by atoms with Crippen LogP contribution in [-0.4, -0.2) is 24.8 Å². The smallest absolute Gasteiger partial charge is 0.0434 e. The first-order chi connectivity index (χ1) is 7.69. The first kappa shape index (κ1) is 11.5. The van der Waals surface area contributed by atoms with Gasteiger partial charge in [0, 0.05) is 25.4 Å². The molecule has 1 aromatic rings. The maximum absolute atomic E-state index is 8.95. The molecular formula is C14H21NO. The fraction of sp³-hybridized carbons (Fsp3) is 0.571. The molecule has 16 heavy (non-hydrogen) atoms. The van der Waals surface area contributed by atoms with E-state index >= 15 is 0 Å². The molecule has 1 heterocycles. The van der Waals surface area contributed by atoms with Crippen molar-refractivity contribution in [3.8, 4) is 0 Å². The zero-order valence-electron chi connectivity index (χ0n) is 10.2. The Morgan fingerprint density at radius 3 is 2.56 bits per heavy atom. The highest BCUT2D eigenvalue weighted by Crippen LogP contribution is 2.27. The maximum atomic E-state index is 8.95. The number of aliphatic hydroxyl groups is 1. The molecule has 0 bridgehead atoms. The van der Waals surface area contributed by atoms with E-state index in [1.54, 1.807) is 0 Å². The molecule has 2 nitrogen and oxygen atoms in total. The lowest BCUT2D eigenvalue weighted by Crippen LogP contribution is -2.20. The highest BCUT2D eigenvalue weighted by molar-refractivity contribution is 5.51. The van der Waals surface area contributed by atoms with Crippen LogP contribution in [0.4, 0.5) is 5.69 Å². The van der Waals surface area contributed by atoms with Crippen molar-refractivity contribution in [3.05, 3.63) is 29.3 Å². The predicted octanol–water partition coefficient (Wildman–Crippen LogP) is 2.51. The molecule has 1 fully saturated rings. The minimum Gasteiger partial charge on any atom is -0.396 e. The molecule has 1 unspecified atom stereocenters. The Labute approximate surface area is 97.9 Å². The van der Waals surface area contributed by atoms with Crippen LogP contribution in [0.5, 0.6) is 0 Å². The number of hydrogen-bond acceptors (Lipinski definition) is 2. The second-order valence-corrected chi connectivity index (χ2v) is 4.96. The third-order valence-electron chi connectivity index (χ3n) is 3.39. The molecular weight excluding hydrogens is 198 g/mol.